The zero-order valence-corrected chi connectivity index (χ0v) is 48.5. The molecule has 9 aromatic rings. The van der Waals surface area contributed by atoms with Crippen LogP contribution < -0.4 is 48.8 Å². The normalized spacial score (nSPS) is 12.0. The summed E-state index contributed by atoms with van der Waals surface area (Å²) in [7, 11) is 3.37. The molecule has 82 heavy (non-hydrogen) atoms. The Balaban J connectivity index is 0.000000223. The molecular weight excluding hydrogens is 1080 g/mol. The van der Waals surface area contributed by atoms with E-state index in [0.717, 1.165) is 44.1 Å². The van der Waals surface area contributed by atoms with Gasteiger partial charge in [0, 0.05) is 84.8 Å². The highest BCUT2D eigenvalue weighted by Crippen LogP contribution is 2.35. The van der Waals surface area contributed by atoms with Crippen LogP contribution in [0.25, 0.3) is 32.3 Å². The van der Waals surface area contributed by atoms with E-state index in [1.54, 1.807) is 62.4 Å². The van der Waals surface area contributed by atoms with Gasteiger partial charge in [-0.1, -0.05) is 7.43 Å². The van der Waals surface area contributed by atoms with Crippen molar-refractivity contribution >= 4 is 85.4 Å². The van der Waals surface area contributed by atoms with E-state index in [9.17, 15) is 18.0 Å². The number of aromatic amines is 1. The molecule has 0 unspecified atom stereocenters. The van der Waals surface area contributed by atoms with Crippen molar-refractivity contribution in [3.8, 4) is 5.88 Å². The Kier molecular flexibility index (Phi) is 19.5. The van der Waals surface area contributed by atoms with E-state index in [2.05, 4.69) is 81.1 Å². The maximum Gasteiger partial charge on any atom is 0.257 e. The Hall–Kier alpha value is -8.32. The highest BCUT2D eigenvalue weighted by atomic mass is 35.5. The smallest absolute Gasteiger partial charge is 0.257 e. The standard InChI is InChI=1S/C19H24FN7.C19H23FN6O.C18H21FN6O.CH4.ClH/c1-18(2,20)17-23-7-6-14(27-17)26-15-8-11-12(9-24-15)16(22-5)25-10-13(11)19(3,4)21;1-18(2,20)17-22-7-6-14(26-17)25-15-8-11-12(9-23-15)16(27-5)24-10-13(11)19(3,4)21;1-17(2,19)16-21-6-5-13(25-16)24-14-7-10-11(8-22-14)15(26)23-9-12(10)18(3,4)20;;/h6-10H,21H2,1-5H3,(H,22,25)(H,23,24,26,27);6-10H,21H2,1-5H3,(H,22,23,25,26);5-9H,20H2,1-4H3,(H,23,26)(H,21,22,24,25);1H4;1H. The number of ether oxygens (including phenoxy) is 1. The number of pyridine rings is 6. The van der Waals surface area contributed by atoms with E-state index in [-0.39, 0.29) is 42.9 Å². The van der Waals surface area contributed by atoms with E-state index < -0.39 is 33.6 Å². The number of nitrogens with two attached hydrogens (primary N) is 3. The summed E-state index contributed by atoms with van der Waals surface area (Å²) < 4.78 is 47.6. The Bertz CT molecular complexity index is 3590. The maximum atomic E-state index is 14.1. The van der Waals surface area contributed by atoms with Gasteiger partial charge in [-0.05, 0) is 152 Å². The third-order valence-electron chi connectivity index (χ3n) is 12.1. The molecule has 0 spiro atoms. The van der Waals surface area contributed by atoms with Gasteiger partial charge < -0.3 is 48.2 Å². The number of alkyl halides is 3. The zero-order chi connectivity index (χ0) is 58.8. The summed E-state index contributed by atoms with van der Waals surface area (Å²) in [6.07, 6.45) is 14.5. The van der Waals surface area contributed by atoms with Crippen LogP contribution in [0.2, 0.25) is 0 Å². The number of hydrogen-bond acceptors (Lipinski definition) is 20. The Labute approximate surface area is 480 Å². The molecule has 0 atom stereocenters. The lowest BCUT2D eigenvalue weighted by molar-refractivity contribution is 0.206. The van der Waals surface area contributed by atoms with Crippen molar-refractivity contribution < 1.29 is 17.9 Å². The third-order valence-corrected chi connectivity index (χ3v) is 12.1. The number of halogens is 4. The van der Waals surface area contributed by atoms with Crippen molar-refractivity contribution in [1.82, 2.24) is 59.8 Å². The molecule has 0 bridgehead atoms. The van der Waals surface area contributed by atoms with Gasteiger partial charge in [0.05, 0.1) is 17.9 Å². The summed E-state index contributed by atoms with van der Waals surface area (Å²) in [6, 6.07) is 10.4. The molecule has 11 N–H and O–H groups in total. The largest absolute Gasteiger partial charge is 0.481 e. The van der Waals surface area contributed by atoms with Crippen LogP contribution in [0.5, 0.6) is 5.88 Å². The third kappa shape index (κ3) is 15.6. The monoisotopic (exact) mass is 1150 g/mol. The van der Waals surface area contributed by atoms with Gasteiger partial charge in [0.2, 0.25) is 5.88 Å². The van der Waals surface area contributed by atoms with Crippen LogP contribution in [0.1, 0.15) is 125 Å². The average molecular weight is 1150 g/mol. The van der Waals surface area contributed by atoms with Crippen molar-refractivity contribution in [3.63, 3.8) is 0 Å². The first-order chi connectivity index (χ1) is 37.2. The molecule has 0 fully saturated rings. The fraction of sp³-hybridized carbons (Fsp3) is 0.368. The Morgan fingerprint density at radius 3 is 1.20 bits per heavy atom. The van der Waals surface area contributed by atoms with Crippen LogP contribution in [-0.2, 0) is 33.6 Å². The van der Waals surface area contributed by atoms with E-state index in [1.165, 1.54) is 66.3 Å². The fourth-order valence-electron chi connectivity index (χ4n) is 8.06. The first kappa shape index (κ1) is 64.5. The lowest BCUT2D eigenvalue weighted by atomic mass is 9.93. The van der Waals surface area contributed by atoms with E-state index in [4.69, 9.17) is 21.9 Å². The number of rotatable bonds is 14. The molecule has 9 aromatic heterocycles. The highest BCUT2D eigenvalue weighted by Gasteiger charge is 2.27. The van der Waals surface area contributed by atoms with E-state index in [0.29, 0.717) is 51.6 Å². The molecule has 9 heterocycles. The molecule has 9 rings (SSSR count). The first-order valence-electron chi connectivity index (χ1n) is 25.3. The summed E-state index contributed by atoms with van der Waals surface area (Å²) in [4.78, 5) is 61.2. The SMILES string of the molecule is C.CC(C)(N)c1c[nH]c(=O)c2cnc(Nc3ccnc(C(C)(C)F)n3)cc12.CNc1ncc(C(C)(C)N)c2cc(Nc3ccnc(C(C)(C)F)n3)ncc12.COc1ncc(C(C)(C)N)c2cc(Nc3ccnc(C(C)(C)F)n3)ncc12.Cl. The van der Waals surface area contributed by atoms with Gasteiger partial charge in [-0.25, -0.2) is 68.0 Å². The van der Waals surface area contributed by atoms with Crippen molar-refractivity contribution in [1.29, 1.82) is 0 Å². The van der Waals surface area contributed by atoms with Crippen LogP contribution in [0.4, 0.5) is 53.9 Å². The number of nitrogens with one attached hydrogen (secondary N) is 5. The predicted molar refractivity (Wildman–Crippen MR) is 322 cm³/mol. The number of anilines is 7. The molecule has 25 heteroatoms. The van der Waals surface area contributed by atoms with Gasteiger partial charge in [0.15, 0.2) is 34.5 Å². The second-order valence-corrected chi connectivity index (χ2v) is 22.1. The lowest BCUT2D eigenvalue weighted by Gasteiger charge is -2.22. The molecule has 0 amide bonds. The lowest BCUT2D eigenvalue weighted by Crippen LogP contribution is -2.30. The number of aromatic nitrogens is 12. The van der Waals surface area contributed by atoms with Crippen molar-refractivity contribution in [2.75, 3.05) is 35.4 Å². The highest BCUT2D eigenvalue weighted by molar-refractivity contribution is 5.96. The molecule has 0 radical (unpaired) electrons. The molecule has 0 saturated heterocycles. The summed E-state index contributed by atoms with van der Waals surface area (Å²) in [5, 5.41) is 16.9. The summed E-state index contributed by atoms with van der Waals surface area (Å²) in [5.74, 6) is 4.39. The van der Waals surface area contributed by atoms with Gasteiger partial charge in [0.1, 0.15) is 40.7 Å². The van der Waals surface area contributed by atoms with Crippen LogP contribution in [0.15, 0.2) is 97.0 Å². The molecule has 0 saturated carbocycles. The van der Waals surface area contributed by atoms with E-state index in [1.807, 2.05) is 60.7 Å². The summed E-state index contributed by atoms with van der Waals surface area (Å²) in [6.45, 7) is 19.8. The minimum atomic E-state index is -1.65. The first-order valence-corrected chi connectivity index (χ1v) is 25.3. The zero-order valence-electron chi connectivity index (χ0n) is 47.7. The predicted octanol–water partition coefficient (Wildman–Crippen LogP) is 11.1. The molecule has 0 aliphatic heterocycles. The number of fused-ring (bicyclic) bond motifs is 3. The number of nitrogens with zero attached hydrogens (tertiary/aromatic N) is 11. The minimum Gasteiger partial charge on any atom is -0.481 e. The summed E-state index contributed by atoms with van der Waals surface area (Å²) in [5.41, 5.74) is 14.4. The van der Waals surface area contributed by atoms with E-state index >= 15 is 0 Å². The van der Waals surface area contributed by atoms with Crippen molar-refractivity contribution in [3.05, 3.63) is 137 Å². The molecule has 0 aliphatic carbocycles. The number of methoxy groups -OCH3 is 1. The average Bonchev–Trinajstić information content (AvgIpc) is 3.59. The van der Waals surface area contributed by atoms with Gasteiger partial charge >= 0.3 is 0 Å². The van der Waals surface area contributed by atoms with Gasteiger partial charge in [-0.2, -0.15) is 0 Å². The molecule has 436 valence electrons. The maximum absolute atomic E-state index is 14.1. The van der Waals surface area contributed by atoms with Crippen molar-refractivity contribution in [2.24, 2.45) is 17.2 Å². The fourth-order valence-corrected chi connectivity index (χ4v) is 8.06. The van der Waals surface area contributed by atoms with Gasteiger partial charge in [-0.15, -0.1) is 12.4 Å². The van der Waals surface area contributed by atoms with Gasteiger partial charge in [-0.3, -0.25) is 4.79 Å². The number of H-pyrrole nitrogens is 1. The Morgan fingerprint density at radius 1 is 0.476 bits per heavy atom. The quantitative estimate of drug-likeness (QED) is 0.0502. The van der Waals surface area contributed by atoms with Crippen molar-refractivity contribution in [2.45, 2.75) is 124 Å². The van der Waals surface area contributed by atoms with Crippen LogP contribution in [-0.4, -0.2) is 74.0 Å². The molecule has 0 aliphatic rings. The van der Waals surface area contributed by atoms with Crippen LogP contribution in [0, 0.1) is 0 Å². The Morgan fingerprint density at radius 2 is 0.829 bits per heavy atom. The summed E-state index contributed by atoms with van der Waals surface area (Å²) >= 11 is 0. The van der Waals surface area contributed by atoms with Crippen LogP contribution in [0.3, 0.4) is 0 Å². The van der Waals surface area contributed by atoms with Gasteiger partial charge in [0.25, 0.3) is 5.56 Å². The topological polar surface area (TPSA) is 310 Å². The molecule has 0 aromatic carbocycles. The minimum absolute atomic E-state index is 0. The molecule has 21 nitrogen and oxygen atoms in total. The van der Waals surface area contributed by atoms with Crippen LogP contribution >= 0.6 is 12.4 Å². The second kappa shape index (κ2) is 24.8. The molecular formula is C57H73ClF3N19O2. The number of hydrogen-bond donors (Lipinski definition) is 8. The second-order valence-electron chi connectivity index (χ2n) is 22.1.